The van der Waals surface area contributed by atoms with Gasteiger partial charge in [-0.15, -0.1) is 11.3 Å². The van der Waals surface area contributed by atoms with Crippen molar-refractivity contribution in [2.24, 2.45) is 0 Å². The maximum Gasteiger partial charge on any atom is 0.229 e. The highest BCUT2D eigenvalue weighted by molar-refractivity contribution is 7.18. The van der Waals surface area contributed by atoms with E-state index in [9.17, 15) is 0 Å². The fraction of sp³-hybridized carbons (Fsp3) is 0.235. The molecule has 7 heteroatoms. The zero-order valence-electron chi connectivity index (χ0n) is 13.0. The summed E-state index contributed by atoms with van der Waals surface area (Å²) in [6.07, 6.45) is 4.00. The third kappa shape index (κ3) is 2.46. The average Bonchev–Trinajstić information content (AvgIpc) is 3.10. The molecule has 0 bridgehead atoms. The predicted molar refractivity (Wildman–Crippen MR) is 96.1 cm³/mol. The van der Waals surface area contributed by atoms with Crippen molar-refractivity contribution in [3.05, 3.63) is 35.5 Å². The van der Waals surface area contributed by atoms with Gasteiger partial charge in [-0.25, -0.2) is 9.97 Å². The van der Waals surface area contributed by atoms with E-state index in [2.05, 4.69) is 31.7 Å². The van der Waals surface area contributed by atoms with Gasteiger partial charge >= 0.3 is 0 Å². The summed E-state index contributed by atoms with van der Waals surface area (Å²) >= 11 is 1.68. The normalized spacial score (nSPS) is 14.4. The van der Waals surface area contributed by atoms with Crippen LogP contribution < -0.4 is 10.6 Å². The number of benzene rings is 1. The second-order valence-corrected chi connectivity index (χ2v) is 7.22. The Morgan fingerprint density at radius 3 is 2.92 bits per heavy atom. The molecule has 1 aliphatic rings. The molecule has 6 nitrogen and oxygen atoms in total. The van der Waals surface area contributed by atoms with Crippen LogP contribution in [-0.2, 0) is 0 Å². The number of anilines is 3. The van der Waals surface area contributed by atoms with Crippen molar-refractivity contribution in [1.29, 1.82) is 0 Å². The van der Waals surface area contributed by atoms with Crippen LogP contribution in [0.4, 0.5) is 17.5 Å². The molecule has 5 rings (SSSR count). The highest BCUT2D eigenvalue weighted by Gasteiger charge is 2.23. The minimum atomic E-state index is 0.498. The second kappa shape index (κ2) is 5.17. The van der Waals surface area contributed by atoms with Crippen LogP contribution in [0.1, 0.15) is 17.8 Å². The Bertz CT molecular complexity index is 1050. The van der Waals surface area contributed by atoms with E-state index >= 15 is 0 Å². The lowest BCUT2D eigenvalue weighted by molar-refractivity contribution is 0.614. The number of nitrogens with one attached hydrogen (secondary N) is 2. The Labute approximate surface area is 141 Å². The van der Waals surface area contributed by atoms with E-state index in [1.165, 1.54) is 12.8 Å². The van der Waals surface area contributed by atoms with Gasteiger partial charge in [0.1, 0.15) is 5.52 Å². The van der Waals surface area contributed by atoms with Crippen LogP contribution in [0.25, 0.3) is 21.3 Å². The number of thiazole rings is 1. The molecule has 2 N–H and O–H groups in total. The lowest BCUT2D eigenvalue weighted by atomic mass is 10.3. The fourth-order valence-electron chi connectivity index (χ4n) is 2.68. The van der Waals surface area contributed by atoms with Crippen molar-refractivity contribution in [1.82, 2.24) is 15.0 Å². The van der Waals surface area contributed by atoms with Gasteiger partial charge in [0.15, 0.2) is 11.4 Å². The molecule has 0 aliphatic heterocycles. The first-order chi connectivity index (χ1) is 11.7. The molecule has 0 unspecified atom stereocenters. The summed E-state index contributed by atoms with van der Waals surface area (Å²) in [4.78, 5) is 13.6. The topological polar surface area (TPSA) is 75.9 Å². The Hall–Kier alpha value is -2.67. The van der Waals surface area contributed by atoms with Crippen LogP contribution in [0.15, 0.2) is 34.9 Å². The quantitative estimate of drug-likeness (QED) is 0.572. The molecule has 1 aromatic carbocycles. The van der Waals surface area contributed by atoms with E-state index in [0.29, 0.717) is 17.6 Å². The number of aromatic nitrogens is 3. The van der Waals surface area contributed by atoms with E-state index in [-0.39, 0.29) is 0 Å². The molecular formula is C17H15N5OS. The van der Waals surface area contributed by atoms with Crippen molar-refractivity contribution in [3.63, 3.8) is 0 Å². The fourth-order valence-corrected chi connectivity index (χ4v) is 3.55. The minimum Gasteiger partial charge on any atom is -0.459 e. The van der Waals surface area contributed by atoms with Crippen molar-refractivity contribution >= 4 is 50.1 Å². The lowest BCUT2D eigenvalue weighted by Gasteiger charge is -2.08. The number of hydrogen-bond acceptors (Lipinski definition) is 7. The van der Waals surface area contributed by atoms with Gasteiger partial charge in [0.05, 0.1) is 21.5 Å². The van der Waals surface area contributed by atoms with E-state index in [1.807, 2.05) is 25.1 Å². The Morgan fingerprint density at radius 2 is 2.04 bits per heavy atom. The van der Waals surface area contributed by atoms with Crippen LogP contribution >= 0.6 is 11.3 Å². The Balaban J connectivity index is 1.52. The molecule has 0 amide bonds. The Morgan fingerprint density at radius 1 is 1.12 bits per heavy atom. The molecule has 0 radical (unpaired) electrons. The summed E-state index contributed by atoms with van der Waals surface area (Å²) in [5.74, 6) is 1.32. The highest BCUT2D eigenvalue weighted by Crippen LogP contribution is 2.31. The van der Waals surface area contributed by atoms with Crippen molar-refractivity contribution in [2.45, 2.75) is 25.8 Å². The zero-order chi connectivity index (χ0) is 16.1. The summed E-state index contributed by atoms with van der Waals surface area (Å²) in [6, 6.07) is 8.45. The third-order valence-corrected chi connectivity index (χ3v) is 4.91. The molecule has 120 valence electrons. The Kier molecular flexibility index (Phi) is 2.96. The van der Waals surface area contributed by atoms with Crippen LogP contribution in [0.5, 0.6) is 0 Å². The summed E-state index contributed by atoms with van der Waals surface area (Å²) in [6.45, 7) is 2.02. The molecule has 4 aromatic rings. The van der Waals surface area contributed by atoms with Gasteiger partial charge in [-0.05, 0) is 38.0 Å². The molecule has 3 aromatic heterocycles. The summed E-state index contributed by atoms with van der Waals surface area (Å²) < 4.78 is 6.67. The minimum absolute atomic E-state index is 0.498. The van der Waals surface area contributed by atoms with Crippen LogP contribution in [0.2, 0.25) is 0 Å². The molecule has 1 fully saturated rings. The zero-order valence-corrected chi connectivity index (χ0v) is 13.9. The maximum atomic E-state index is 5.52. The van der Waals surface area contributed by atoms with Crippen molar-refractivity contribution in [3.8, 4) is 0 Å². The largest absolute Gasteiger partial charge is 0.459 e. The molecule has 3 heterocycles. The molecule has 1 saturated carbocycles. The first-order valence-corrected chi connectivity index (χ1v) is 8.72. The second-order valence-electron chi connectivity index (χ2n) is 5.99. The number of fused-ring (bicyclic) bond motifs is 2. The summed E-state index contributed by atoms with van der Waals surface area (Å²) in [7, 11) is 0. The van der Waals surface area contributed by atoms with Gasteiger partial charge in [0, 0.05) is 17.8 Å². The standard InChI is InChI=1S/C17H15N5OS/c1-9-18-12-5-4-11(8-14(12)24-9)20-17-21-13-6-7-23-15(13)16(22-17)19-10-2-3-10/h4-8,10H,2-3H2,1H3,(H2,19,20,21,22). The molecule has 0 saturated heterocycles. The first kappa shape index (κ1) is 13.7. The van der Waals surface area contributed by atoms with Crippen LogP contribution in [-0.4, -0.2) is 21.0 Å². The molecular weight excluding hydrogens is 322 g/mol. The van der Waals surface area contributed by atoms with E-state index in [0.717, 1.165) is 32.2 Å². The van der Waals surface area contributed by atoms with Crippen molar-refractivity contribution < 1.29 is 4.42 Å². The number of hydrogen-bond donors (Lipinski definition) is 2. The molecule has 0 atom stereocenters. The van der Waals surface area contributed by atoms with E-state index in [1.54, 1.807) is 17.6 Å². The lowest BCUT2D eigenvalue weighted by Crippen LogP contribution is -2.06. The number of aryl methyl sites for hydroxylation is 1. The summed E-state index contributed by atoms with van der Waals surface area (Å²) in [5, 5.41) is 7.77. The number of nitrogens with zero attached hydrogens (tertiary/aromatic N) is 3. The third-order valence-electron chi connectivity index (χ3n) is 3.97. The summed E-state index contributed by atoms with van der Waals surface area (Å²) in [5.41, 5.74) is 3.48. The van der Waals surface area contributed by atoms with Gasteiger partial charge in [-0.2, -0.15) is 4.98 Å². The van der Waals surface area contributed by atoms with E-state index < -0.39 is 0 Å². The smallest absolute Gasteiger partial charge is 0.229 e. The van der Waals surface area contributed by atoms with Gasteiger partial charge < -0.3 is 15.1 Å². The molecule has 1 aliphatic carbocycles. The molecule has 0 spiro atoms. The number of furan rings is 1. The highest BCUT2D eigenvalue weighted by atomic mass is 32.1. The predicted octanol–water partition coefficient (Wildman–Crippen LogP) is 4.46. The van der Waals surface area contributed by atoms with Crippen molar-refractivity contribution in [2.75, 3.05) is 10.6 Å². The van der Waals surface area contributed by atoms with Gasteiger partial charge in [0.25, 0.3) is 0 Å². The van der Waals surface area contributed by atoms with Gasteiger partial charge in [-0.1, -0.05) is 0 Å². The molecule has 24 heavy (non-hydrogen) atoms. The van der Waals surface area contributed by atoms with Gasteiger partial charge in [-0.3, -0.25) is 0 Å². The monoisotopic (exact) mass is 337 g/mol. The average molecular weight is 337 g/mol. The SMILES string of the molecule is Cc1nc2ccc(Nc3nc(NC4CC4)c4occc4n3)cc2s1. The van der Waals surface area contributed by atoms with E-state index in [4.69, 9.17) is 4.42 Å². The van der Waals surface area contributed by atoms with Crippen LogP contribution in [0.3, 0.4) is 0 Å². The first-order valence-electron chi connectivity index (χ1n) is 7.90. The van der Waals surface area contributed by atoms with Crippen LogP contribution in [0, 0.1) is 6.92 Å². The maximum absolute atomic E-state index is 5.52. The van der Waals surface area contributed by atoms with Gasteiger partial charge in [0.2, 0.25) is 5.95 Å². The number of rotatable bonds is 4.